The Labute approximate surface area is 77.9 Å². The summed E-state index contributed by atoms with van der Waals surface area (Å²) >= 11 is 0. The van der Waals surface area contributed by atoms with Crippen molar-refractivity contribution in [1.82, 2.24) is 5.32 Å². The van der Waals surface area contributed by atoms with E-state index in [4.69, 9.17) is 0 Å². The van der Waals surface area contributed by atoms with Gasteiger partial charge in [0.1, 0.15) is 0 Å². The lowest BCUT2D eigenvalue weighted by molar-refractivity contribution is 0.329. The van der Waals surface area contributed by atoms with Crippen LogP contribution in [0.5, 0.6) is 0 Å². The van der Waals surface area contributed by atoms with Gasteiger partial charge in [0.15, 0.2) is 0 Å². The second-order valence-corrected chi connectivity index (χ2v) is 4.16. The van der Waals surface area contributed by atoms with Gasteiger partial charge in [-0.15, -0.1) is 0 Å². The van der Waals surface area contributed by atoms with Crippen molar-refractivity contribution in [1.29, 1.82) is 0 Å². The van der Waals surface area contributed by atoms with Crippen LogP contribution in [0.3, 0.4) is 0 Å². The number of nitrogens with one attached hydrogen (secondary N) is 1. The molecule has 2 atom stereocenters. The Bertz CT molecular complexity index is 99.2. The maximum Gasteiger partial charge on any atom is 0.00924 e. The van der Waals surface area contributed by atoms with Gasteiger partial charge in [-0.3, -0.25) is 0 Å². The lowest BCUT2D eigenvalue weighted by atomic mass is 9.92. The summed E-state index contributed by atoms with van der Waals surface area (Å²) in [5.41, 5.74) is 0. The molecule has 0 fully saturated rings. The molecule has 1 nitrogen and oxygen atoms in total. The first-order valence-electron chi connectivity index (χ1n) is 5.35. The molecule has 0 radical (unpaired) electrons. The Morgan fingerprint density at radius 3 is 2.00 bits per heavy atom. The Morgan fingerprint density at radius 2 is 1.67 bits per heavy atom. The van der Waals surface area contributed by atoms with Gasteiger partial charge in [0.2, 0.25) is 0 Å². The second-order valence-electron chi connectivity index (χ2n) is 4.16. The number of hydrogen-bond acceptors (Lipinski definition) is 1. The third-order valence-corrected chi connectivity index (χ3v) is 2.62. The van der Waals surface area contributed by atoms with Crippen molar-refractivity contribution < 1.29 is 0 Å². The monoisotopic (exact) mass is 171 g/mol. The predicted octanol–water partition coefficient (Wildman–Crippen LogP) is 3.06. The summed E-state index contributed by atoms with van der Waals surface area (Å²) < 4.78 is 0. The van der Waals surface area contributed by atoms with Crippen molar-refractivity contribution in [3.05, 3.63) is 0 Å². The van der Waals surface area contributed by atoms with Gasteiger partial charge in [-0.25, -0.2) is 0 Å². The summed E-state index contributed by atoms with van der Waals surface area (Å²) in [5, 5.41) is 3.55. The fourth-order valence-electron chi connectivity index (χ4n) is 1.45. The Balaban J connectivity index is 3.77. The van der Waals surface area contributed by atoms with Gasteiger partial charge in [-0.1, -0.05) is 41.0 Å². The van der Waals surface area contributed by atoms with Crippen LogP contribution in [0.2, 0.25) is 0 Å². The molecule has 0 bridgehead atoms. The molecular weight excluding hydrogens is 146 g/mol. The van der Waals surface area contributed by atoms with Crippen molar-refractivity contribution >= 4 is 0 Å². The average molecular weight is 171 g/mol. The molecule has 0 heterocycles. The quantitative estimate of drug-likeness (QED) is 0.647. The minimum Gasteiger partial charge on any atom is -0.314 e. The standard InChI is InChI=1S/C11H25N/c1-6-10(5)8-11(9(3)4)12-7-2/h9-12H,6-8H2,1-5H3. The lowest BCUT2D eigenvalue weighted by Crippen LogP contribution is -2.35. The van der Waals surface area contributed by atoms with Crippen LogP contribution in [0, 0.1) is 11.8 Å². The zero-order chi connectivity index (χ0) is 9.56. The Hall–Kier alpha value is -0.0400. The highest BCUT2D eigenvalue weighted by Gasteiger charge is 2.14. The molecule has 0 aromatic heterocycles. The molecule has 0 aliphatic carbocycles. The lowest BCUT2D eigenvalue weighted by Gasteiger charge is -2.24. The van der Waals surface area contributed by atoms with Crippen LogP contribution < -0.4 is 5.32 Å². The van der Waals surface area contributed by atoms with E-state index in [1.54, 1.807) is 0 Å². The minimum absolute atomic E-state index is 0.713. The Kier molecular flexibility index (Phi) is 6.45. The van der Waals surface area contributed by atoms with Gasteiger partial charge < -0.3 is 5.32 Å². The third-order valence-electron chi connectivity index (χ3n) is 2.62. The van der Waals surface area contributed by atoms with Crippen molar-refractivity contribution in [3.8, 4) is 0 Å². The molecule has 1 N–H and O–H groups in total. The molecule has 2 unspecified atom stereocenters. The molecule has 0 rings (SSSR count). The summed E-state index contributed by atoms with van der Waals surface area (Å²) in [6, 6.07) is 0.713. The van der Waals surface area contributed by atoms with Crippen LogP contribution in [0.25, 0.3) is 0 Å². The van der Waals surface area contributed by atoms with Crippen LogP contribution in [0.1, 0.15) is 47.5 Å². The molecule has 0 aromatic carbocycles. The van der Waals surface area contributed by atoms with E-state index in [2.05, 4.69) is 39.9 Å². The molecule has 0 saturated heterocycles. The fraction of sp³-hybridized carbons (Fsp3) is 1.00. The van der Waals surface area contributed by atoms with Crippen molar-refractivity contribution in [2.24, 2.45) is 11.8 Å². The van der Waals surface area contributed by atoms with Crippen molar-refractivity contribution in [3.63, 3.8) is 0 Å². The van der Waals surface area contributed by atoms with Crippen LogP contribution in [-0.2, 0) is 0 Å². The molecule has 0 aromatic rings. The van der Waals surface area contributed by atoms with E-state index in [1.807, 2.05) is 0 Å². The maximum atomic E-state index is 3.55. The van der Waals surface area contributed by atoms with Gasteiger partial charge in [-0.2, -0.15) is 0 Å². The number of hydrogen-bond donors (Lipinski definition) is 1. The number of rotatable bonds is 6. The van der Waals surface area contributed by atoms with Crippen LogP contribution in [0.4, 0.5) is 0 Å². The summed E-state index contributed by atoms with van der Waals surface area (Å²) in [5.74, 6) is 1.62. The van der Waals surface area contributed by atoms with Gasteiger partial charge in [0, 0.05) is 6.04 Å². The van der Waals surface area contributed by atoms with Crippen LogP contribution in [-0.4, -0.2) is 12.6 Å². The predicted molar refractivity (Wildman–Crippen MR) is 56.4 cm³/mol. The normalized spacial score (nSPS) is 16.5. The molecule has 0 saturated carbocycles. The first kappa shape index (κ1) is 12.0. The van der Waals surface area contributed by atoms with E-state index < -0.39 is 0 Å². The summed E-state index contributed by atoms with van der Waals surface area (Å²) in [4.78, 5) is 0. The minimum atomic E-state index is 0.713. The highest BCUT2D eigenvalue weighted by atomic mass is 14.9. The zero-order valence-electron chi connectivity index (χ0n) is 9.35. The van der Waals surface area contributed by atoms with Crippen LogP contribution >= 0.6 is 0 Å². The van der Waals surface area contributed by atoms with E-state index in [9.17, 15) is 0 Å². The smallest absolute Gasteiger partial charge is 0.00924 e. The van der Waals surface area contributed by atoms with E-state index >= 15 is 0 Å². The highest BCUT2D eigenvalue weighted by molar-refractivity contribution is 4.71. The molecule has 74 valence electrons. The second kappa shape index (κ2) is 6.47. The SMILES string of the molecule is CCNC(CC(C)CC)C(C)C. The zero-order valence-corrected chi connectivity index (χ0v) is 9.35. The molecular formula is C11H25N. The largest absolute Gasteiger partial charge is 0.314 e. The van der Waals surface area contributed by atoms with E-state index in [0.717, 1.165) is 18.4 Å². The highest BCUT2D eigenvalue weighted by Crippen LogP contribution is 2.15. The van der Waals surface area contributed by atoms with E-state index in [1.165, 1.54) is 12.8 Å². The van der Waals surface area contributed by atoms with Crippen LogP contribution in [0.15, 0.2) is 0 Å². The summed E-state index contributed by atoms with van der Waals surface area (Å²) in [6.45, 7) is 12.5. The van der Waals surface area contributed by atoms with Gasteiger partial charge in [0.05, 0.1) is 0 Å². The van der Waals surface area contributed by atoms with E-state index in [0.29, 0.717) is 6.04 Å². The topological polar surface area (TPSA) is 12.0 Å². The van der Waals surface area contributed by atoms with Gasteiger partial charge in [-0.05, 0) is 24.8 Å². The fourth-order valence-corrected chi connectivity index (χ4v) is 1.45. The molecule has 0 aliphatic rings. The first-order valence-corrected chi connectivity index (χ1v) is 5.35. The average Bonchev–Trinajstić information content (AvgIpc) is 2.03. The van der Waals surface area contributed by atoms with Crippen molar-refractivity contribution in [2.75, 3.05) is 6.54 Å². The molecule has 0 amide bonds. The van der Waals surface area contributed by atoms with Gasteiger partial charge >= 0.3 is 0 Å². The summed E-state index contributed by atoms with van der Waals surface area (Å²) in [6.07, 6.45) is 2.62. The molecule has 12 heavy (non-hydrogen) atoms. The third kappa shape index (κ3) is 4.76. The first-order chi connectivity index (χ1) is 5.61. The van der Waals surface area contributed by atoms with Gasteiger partial charge in [0.25, 0.3) is 0 Å². The Morgan fingerprint density at radius 1 is 1.08 bits per heavy atom. The summed E-state index contributed by atoms with van der Waals surface area (Å²) in [7, 11) is 0. The maximum absolute atomic E-state index is 3.55. The molecule has 1 heteroatoms. The molecule has 0 spiro atoms. The van der Waals surface area contributed by atoms with E-state index in [-0.39, 0.29) is 0 Å². The molecule has 0 aliphatic heterocycles. The van der Waals surface area contributed by atoms with Crippen molar-refractivity contribution in [2.45, 2.75) is 53.5 Å².